The summed E-state index contributed by atoms with van der Waals surface area (Å²) in [5.41, 5.74) is 3.11. The molecule has 4 heteroatoms. The van der Waals surface area contributed by atoms with Crippen LogP contribution in [0, 0.1) is 13.8 Å². The molecule has 0 saturated carbocycles. The lowest BCUT2D eigenvalue weighted by molar-refractivity contribution is -0.115. The third-order valence-corrected chi connectivity index (χ3v) is 2.67. The van der Waals surface area contributed by atoms with Crippen LogP contribution in [0.15, 0.2) is 41.0 Å². The average molecular weight is 258 g/mol. The second-order valence-corrected chi connectivity index (χ2v) is 4.61. The van der Waals surface area contributed by atoms with Gasteiger partial charge < -0.3 is 15.1 Å². The molecule has 0 aliphatic heterocycles. The summed E-state index contributed by atoms with van der Waals surface area (Å²) >= 11 is 0. The van der Waals surface area contributed by atoms with E-state index in [1.54, 1.807) is 6.26 Å². The van der Waals surface area contributed by atoms with Crippen molar-refractivity contribution in [3.05, 3.63) is 53.5 Å². The molecule has 1 aromatic heterocycles. The first-order valence-corrected chi connectivity index (χ1v) is 6.25. The number of rotatable bonds is 5. The van der Waals surface area contributed by atoms with Gasteiger partial charge in [0.2, 0.25) is 5.91 Å². The minimum absolute atomic E-state index is 0.0587. The van der Waals surface area contributed by atoms with Crippen molar-refractivity contribution in [2.45, 2.75) is 20.4 Å². The van der Waals surface area contributed by atoms with Gasteiger partial charge in [0.15, 0.2) is 0 Å². The molecule has 0 atom stereocenters. The van der Waals surface area contributed by atoms with Gasteiger partial charge >= 0.3 is 0 Å². The predicted octanol–water partition coefficient (Wildman–Crippen LogP) is 2.62. The lowest BCUT2D eigenvalue weighted by Crippen LogP contribution is -2.27. The van der Waals surface area contributed by atoms with Crippen molar-refractivity contribution < 1.29 is 9.21 Å². The Kier molecular flexibility index (Phi) is 4.36. The zero-order chi connectivity index (χ0) is 13.7. The standard InChI is InChI=1S/C15H18N2O2/c1-11-6-12(2)8-13(7-11)17-15(18)10-16-9-14-4-3-5-19-14/h3-8,16H,9-10H2,1-2H3,(H,17,18). The normalized spacial score (nSPS) is 10.4. The van der Waals surface area contributed by atoms with Crippen molar-refractivity contribution >= 4 is 11.6 Å². The molecule has 0 bridgehead atoms. The van der Waals surface area contributed by atoms with Crippen molar-refractivity contribution in [2.75, 3.05) is 11.9 Å². The van der Waals surface area contributed by atoms with Crippen LogP contribution in [0.2, 0.25) is 0 Å². The average Bonchev–Trinajstić information content (AvgIpc) is 2.80. The van der Waals surface area contributed by atoms with Crippen molar-refractivity contribution in [3.63, 3.8) is 0 Å². The van der Waals surface area contributed by atoms with Crippen molar-refractivity contribution in [2.24, 2.45) is 0 Å². The van der Waals surface area contributed by atoms with E-state index in [0.717, 1.165) is 22.6 Å². The molecule has 0 radical (unpaired) electrons. The van der Waals surface area contributed by atoms with Crippen LogP contribution in [0.1, 0.15) is 16.9 Å². The summed E-state index contributed by atoms with van der Waals surface area (Å²) in [4.78, 5) is 11.8. The highest BCUT2D eigenvalue weighted by Crippen LogP contribution is 2.13. The van der Waals surface area contributed by atoms with E-state index < -0.39 is 0 Å². The molecule has 1 amide bonds. The fourth-order valence-corrected chi connectivity index (χ4v) is 1.96. The molecular formula is C15H18N2O2. The molecule has 0 spiro atoms. The number of hydrogen-bond acceptors (Lipinski definition) is 3. The van der Waals surface area contributed by atoms with Gasteiger partial charge in [0.1, 0.15) is 5.76 Å². The fraction of sp³-hybridized carbons (Fsp3) is 0.267. The van der Waals surface area contributed by atoms with Crippen molar-refractivity contribution in [1.29, 1.82) is 0 Å². The summed E-state index contributed by atoms with van der Waals surface area (Å²) < 4.78 is 5.17. The monoisotopic (exact) mass is 258 g/mol. The Bertz CT molecular complexity index is 527. The number of aryl methyl sites for hydroxylation is 2. The molecule has 0 unspecified atom stereocenters. The second-order valence-electron chi connectivity index (χ2n) is 4.61. The molecule has 0 saturated heterocycles. The Hall–Kier alpha value is -2.07. The smallest absolute Gasteiger partial charge is 0.238 e. The molecule has 0 aliphatic rings. The van der Waals surface area contributed by atoms with Gasteiger partial charge in [-0.15, -0.1) is 0 Å². The third-order valence-electron chi connectivity index (χ3n) is 2.67. The van der Waals surface area contributed by atoms with E-state index in [9.17, 15) is 4.79 Å². The molecule has 2 aromatic rings. The number of carbonyl (C=O) groups is 1. The van der Waals surface area contributed by atoms with Gasteiger partial charge in [-0.1, -0.05) is 6.07 Å². The fourth-order valence-electron chi connectivity index (χ4n) is 1.96. The quantitative estimate of drug-likeness (QED) is 0.866. The van der Waals surface area contributed by atoms with E-state index in [2.05, 4.69) is 16.7 Å². The predicted molar refractivity (Wildman–Crippen MR) is 75.0 cm³/mol. The molecular weight excluding hydrogens is 240 g/mol. The highest BCUT2D eigenvalue weighted by Gasteiger charge is 2.03. The topological polar surface area (TPSA) is 54.3 Å². The first kappa shape index (κ1) is 13.4. The van der Waals surface area contributed by atoms with E-state index in [4.69, 9.17) is 4.42 Å². The summed E-state index contributed by atoms with van der Waals surface area (Å²) in [5.74, 6) is 0.760. The van der Waals surface area contributed by atoms with Gasteiger partial charge in [0.25, 0.3) is 0 Å². The van der Waals surface area contributed by atoms with Crippen LogP contribution in [0.5, 0.6) is 0 Å². The number of benzene rings is 1. The maximum atomic E-state index is 11.8. The van der Waals surface area contributed by atoms with Crippen LogP contribution in [-0.4, -0.2) is 12.5 Å². The number of amides is 1. The van der Waals surface area contributed by atoms with E-state index in [-0.39, 0.29) is 12.5 Å². The molecule has 2 rings (SSSR count). The van der Waals surface area contributed by atoms with Gasteiger partial charge in [-0.2, -0.15) is 0 Å². The van der Waals surface area contributed by atoms with Crippen LogP contribution >= 0.6 is 0 Å². The first-order chi connectivity index (χ1) is 9.13. The van der Waals surface area contributed by atoms with E-state index >= 15 is 0 Å². The Morgan fingerprint density at radius 2 is 1.95 bits per heavy atom. The Morgan fingerprint density at radius 3 is 2.58 bits per heavy atom. The summed E-state index contributed by atoms with van der Waals surface area (Å²) in [6.45, 7) is 4.83. The number of carbonyl (C=O) groups excluding carboxylic acids is 1. The molecule has 2 N–H and O–H groups in total. The minimum Gasteiger partial charge on any atom is -0.468 e. The highest BCUT2D eigenvalue weighted by atomic mass is 16.3. The Labute approximate surface area is 112 Å². The van der Waals surface area contributed by atoms with Gasteiger partial charge in [0.05, 0.1) is 19.4 Å². The minimum atomic E-state index is -0.0587. The Morgan fingerprint density at radius 1 is 1.21 bits per heavy atom. The summed E-state index contributed by atoms with van der Waals surface area (Å²) in [6, 6.07) is 9.68. The molecule has 4 nitrogen and oxygen atoms in total. The van der Waals surface area contributed by atoms with Crippen LogP contribution in [-0.2, 0) is 11.3 Å². The molecule has 1 aromatic carbocycles. The summed E-state index contributed by atoms with van der Waals surface area (Å²) in [6.07, 6.45) is 1.62. The molecule has 19 heavy (non-hydrogen) atoms. The zero-order valence-electron chi connectivity index (χ0n) is 11.2. The van der Waals surface area contributed by atoms with E-state index in [1.807, 2.05) is 38.1 Å². The number of anilines is 1. The molecule has 0 aliphatic carbocycles. The van der Waals surface area contributed by atoms with Crippen molar-refractivity contribution in [1.82, 2.24) is 5.32 Å². The van der Waals surface area contributed by atoms with Crippen molar-refractivity contribution in [3.8, 4) is 0 Å². The zero-order valence-corrected chi connectivity index (χ0v) is 11.2. The van der Waals surface area contributed by atoms with E-state index in [0.29, 0.717) is 6.54 Å². The van der Waals surface area contributed by atoms with Crippen LogP contribution in [0.4, 0.5) is 5.69 Å². The molecule has 0 fully saturated rings. The number of furan rings is 1. The SMILES string of the molecule is Cc1cc(C)cc(NC(=O)CNCc2ccco2)c1. The largest absolute Gasteiger partial charge is 0.468 e. The summed E-state index contributed by atoms with van der Waals surface area (Å²) in [5, 5.41) is 5.90. The maximum Gasteiger partial charge on any atom is 0.238 e. The van der Waals surface area contributed by atoms with Gasteiger partial charge in [-0.05, 0) is 49.2 Å². The third kappa shape index (κ3) is 4.26. The highest BCUT2D eigenvalue weighted by molar-refractivity contribution is 5.92. The van der Waals surface area contributed by atoms with Crippen LogP contribution in [0.25, 0.3) is 0 Å². The first-order valence-electron chi connectivity index (χ1n) is 6.25. The van der Waals surface area contributed by atoms with Crippen LogP contribution < -0.4 is 10.6 Å². The van der Waals surface area contributed by atoms with Gasteiger partial charge in [0, 0.05) is 5.69 Å². The lowest BCUT2D eigenvalue weighted by atomic mass is 10.1. The number of nitrogens with one attached hydrogen (secondary N) is 2. The Balaban J connectivity index is 1.80. The molecule has 1 heterocycles. The maximum absolute atomic E-state index is 11.8. The summed E-state index contributed by atoms with van der Waals surface area (Å²) in [7, 11) is 0. The molecule has 100 valence electrons. The number of hydrogen-bond donors (Lipinski definition) is 2. The second kappa shape index (κ2) is 6.20. The van der Waals surface area contributed by atoms with Gasteiger partial charge in [-0.3, -0.25) is 4.79 Å². The van der Waals surface area contributed by atoms with Gasteiger partial charge in [-0.25, -0.2) is 0 Å². The lowest BCUT2D eigenvalue weighted by Gasteiger charge is -2.08. The van der Waals surface area contributed by atoms with Crippen LogP contribution in [0.3, 0.4) is 0 Å². The van der Waals surface area contributed by atoms with E-state index in [1.165, 1.54) is 0 Å².